The molecule has 162 valence electrons. The smallest absolute Gasteiger partial charge is 0.205 e. The van der Waals surface area contributed by atoms with E-state index in [0.717, 1.165) is 48.0 Å². The molecule has 3 aromatic rings. The second-order valence-electron chi connectivity index (χ2n) is 7.74. The van der Waals surface area contributed by atoms with Crippen LogP contribution >= 0.6 is 0 Å². The molecule has 0 radical (unpaired) electrons. The Labute approximate surface area is 188 Å². The van der Waals surface area contributed by atoms with Gasteiger partial charge in [-0.1, -0.05) is 12.1 Å². The summed E-state index contributed by atoms with van der Waals surface area (Å²) < 4.78 is 6.02. The van der Waals surface area contributed by atoms with E-state index in [9.17, 15) is 0 Å². The molecular weight excluding hydrogens is 400 g/mol. The zero-order valence-corrected chi connectivity index (χ0v) is 17.9. The van der Waals surface area contributed by atoms with E-state index >= 15 is 0 Å². The van der Waals surface area contributed by atoms with Gasteiger partial charge in [0.1, 0.15) is 12.4 Å². The van der Waals surface area contributed by atoms with Gasteiger partial charge in [-0.25, -0.2) is 4.85 Å². The minimum Gasteiger partial charge on any atom is -0.487 e. The van der Waals surface area contributed by atoms with Crippen molar-refractivity contribution in [3.8, 4) is 5.75 Å². The minimum absolute atomic E-state index is 0.394. The Hall–Kier alpha value is -3.60. The maximum absolute atomic E-state index is 7.15. The molecule has 0 aliphatic carbocycles. The second kappa shape index (κ2) is 11.1. The van der Waals surface area contributed by atoms with Crippen molar-refractivity contribution in [3.05, 3.63) is 89.1 Å². The number of ether oxygens (including phenoxy) is 1. The van der Waals surface area contributed by atoms with Crippen molar-refractivity contribution in [3.63, 3.8) is 0 Å². The van der Waals surface area contributed by atoms with Gasteiger partial charge in [-0.3, -0.25) is 15.0 Å². The first-order chi connectivity index (χ1) is 15.8. The summed E-state index contributed by atoms with van der Waals surface area (Å²) in [6.07, 6.45) is 10.1. The highest BCUT2D eigenvalue weighted by atomic mass is 16.5. The number of hydrogen-bond acceptors (Lipinski definition) is 6. The molecule has 4 rings (SSSR count). The fraction of sp³-hybridized carbons (Fsp3) is 0.280. The summed E-state index contributed by atoms with van der Waals surface area (Å²) in [5, 5.41) is 6.92. The van der Waals surface area contributed by atoms with E-state index in [-0.39, 0.29) is 0 Å². The Kier molecular flexibility index (Phi) is 7.53. The molecule has 1 saturated heterocycles. The van der Waals surface area contributed by atoms with Crippen LogP contribution in [-0.2, 0) is 13.2 Å². The molecule has 0 amide bonds. The minimum atomic E-state index is 0.394. The van der Waals surface area contributed by atoms with Crippen LogP contribution in [0.3, 0.4) is 0 Å². The maximum Gasteiger partial charge on any atom is 0.205 e. The van der Waals surface area contributed by atoms with E-state index in [1.54, 1.807) is 24.7 Å². The number of rotatable bonds is 9. The van der Waals surface area contributed by atoms with Gasteiger partial charge in [0, 0.05) is 37.3 Å². The summed E-state index contributed by atoms with van der Waals surface area (Å²) in [5.41, 5.74) is 3.95. The molecule has 0 spiro atoms. The molecule has 7 nitrogen and oxygen atoms in total. The lowest BCUT2D eigenvalue weighted by atomic mass is 10.1. The zero-order chi connectivity index (χ0) is 22.0. The Morgan fingerprint density at radius 2 is 2.16 bits per heavy atom. The van der Waals surface area contributed by atoms with Crippen LogP contribution in [0.15, 0.2) is 55.0 Å². The first-order valence-electron chi connectivity index (χ1n) is 10.7. The van der Waals surface area contributed by atoms with Crippen molar-refractivity contribution in [2.75, 3.05) is 19.6 Å². The topological polar surface area (TPSA) is 76.3 Å². The van der Waals surface area contributed by atoms with E-state index in [1.165, 1.54) is 6.42 Å². The lowest BCUT2D eigenvalue weighted by Gasteiger charge is -2.12. The molecule has 1 fully saturated rings. The van der Waals surface area contributed by atoms with Crippen LogP contribution in [0.5, 0.6) is 5.75 Å². The quantitative estimate of drug-likeness (QED) is 0.506. The zero-order valence-electron chi connectivity index (χ0n) is 17.9. The predicted octanol–water partition coefficient (Wildman–Crippen LogP) is 3.87. The largest absolute Gasteiger partial charge is 0.487 e. The summed E-state index contributed by atoms with van der Waals surface area (Å²) >= 11 is 0. The van der Waals surface area contributed by atoms with Gasteiger partial charge in [0.25, 0.3) is 0 Å². The summed E-state index contributed by atoms with van der Waals surface area (Å²) in [5.74, 6) is 1.41. The second-order valence-corrected chi connectivity index (χ2v) is 7.74. The van der Waals surface area contributed by atoms with E-state index < -0.39 is 0 Å². The number of hydrogen-bond donors (Lipinski definition) is 2. The van der Waals surface area contributed by atoms with Crippen LogP contribution in [-0.4, -0.2) is 34.6 Å². The van der Waals surface area contributed by atoms with Gasteiger partial charge in [-0.05, 0) is 61.8 Å². The van der Waals surface area contributed by atoms with Crippen molar-refractivity contribution in [2.24, 2.45) is 5.92 Å². The van der Waals surface area contributed by atoms with Crippen molar-refractivity contribution in [1.82, 2.24) is 25.6 Å². The highest BCUT2D eigenvalue weighted by molar-refractivity contribution is 5.70. The van der Waals surface area contributed by atoms with Crippen molar-refractivity contribution >= 4 is 17.8 Å². The monoisotopic (exact) mass is 426 g/mol. The molecule has 1 unspecified atom stereocenters. The first kappa shape index (κ1) is 21.6. The Morgan fingerprint density at radius 3 is 2.97 bits per heavy atom. The van der Waals surface area contributed by atoms with E-state index in [4.69, 9.17) is 16.3 Å². The van der Waals surface area contributed by atoms with Crippen LogP contribution in [0.25, 0.3) is 17.0 Å². The third kappa shape index (κ3) is 6.45. The molecule has 32 heavy (non-hydrogen) atoms. The number of nitrogens with zero attached hydrogens (tertiary/aromatic N) is 4. The SMILES string of the molecule is [C-]#[N+]c1cncc(/C=C/c2cc(OCc3ccccn3)cc(CNCC3CCNC3)n2)c1. The molecule has 1 aliphatic rings. The fourth-order valence-electron chi connectivity index (χ4n) is 3.55. The number of aromatic nitrogens is 3. The molecule has 0 saturated carbocycles. The molecule has 1 aliphatic heterocycles. The third-order valence-electron chi connectivity index (χ3n) is 5.21. The summed E-state index contributed by atoms with van der Waals surface area (Å²) in [6, 6.07) is 11.5. The normalized spacial score (nSPS) is 15.7. The molecular formula is C25H26N6O. The van der Waals surface area contributed by atoms with Crippen LogP contribution in [0.2, 0.25) is 0 Å². The molecule has 1 atom stereocenters. The van der Waals surface area contributed by atoms with Crippen LogP contribution in [0.4, 0.5) is 5.69 Å². The van der Waals surface area contributed by atoms with Crippen molar-refractivity contribution in [2.45, 2.75) is 19.6 Å². The van der Waals surface area contributed by atoms with Crippen LogP contribution in [0.1, 0.15) is 29.1 Å². The summed E-state index contributed by atoms with van der Waals surface area (Å²) in [6.45, 7) is 11.4. The predicted molar refractivity (Wildman–Crippen MR) is 125 cm³/mol. The van der Waals surface area contributed by atoms with Crippen LogP contribution < -0.4 is 15.4 Å². The molecule has 3 aromatic heterocycles. The van der Waals surface area contributed by atoms with Gasteiger partial charge in [0.15, 0.2) is 0 Å². The average Bonchev–Trinajstić information content (AvgIpc) is 3.36. The highest BCUT2D eigenvalue weighted by Crippen LogP contribution is 2.19. The summed E-state index contributed by atoms with van der Waals surface area (Å²) in [4.78, 5) is 16.6. The average molecular weight is 427 g/mol. The molecule has 7 heteroatoms. The van der Waals surface area contributed by atoms with Crippen LogP contribution in [0, 0.1) is 12.5 Å². The van der Waals surface area contributed by atoms with E-state index in [2.05, 4.69) is 25.4 Å². The Morgan fingerprint density at radius 1 is 1.19 bits per heavy atom. The Balaban J connectivity index is 1.48. The van der Waals surface area contributed by atoms with Gasteiger partial charge < -0.3 is 15.4 Å². The highest BCUT2D eigenvalue weighted by Gasteiger charge is 2.13. The number of pyridine rings is 3. The first-order valence-corrected chi connectivity index (χ1v) is 10.7. The standard InChI is InChI=1S/C25H26N6O/c1-26-23-10-19(13-28-16-23)5-6-21-11-25(32-18-22-4-2-3-8-30-22)12-24(31-21)17-29-15-20-7-9-27-14-20/h2-6,8,10-13,16,20,27,29H,7,9,14-15,17-18H2/b6-5+. The lowest BCUT2D eigenvalue weighted by Crippen LogP contribution is -2.24. The van der Waals surface area contributed by atoms with Crippen molar-refractivity contribution in [1.29, 1.82) is 0 Å². The van der Waals surface area contributed by atoms with Gasteiger partial charge >= 0.3 is 0 Å². The number of nitrogens with one attached hydrogen (secondary N) is 2. The van der Waals surface area contributed by atoms with Gasteiger partial charge in [-0.15, -0.1) is 0 Å². The molecule has 4 heterocycles. The van der Waals surface area contributed by atoms with Gasteiger partial charge in [0.05, 0.1) is 23.7 Å². The van der Waals surface area contributed by atoms with Gasteiger partial charge in [0.2, 0.25) is 5.69 Å². The third-order valence-corrected chi connectivity index (χ3v) is 5.21. The van der Waals surface area contributed by atoms with E-state index in [1.807, 2.05) is 42.5 Å². The van der Waals surface area contributed by atoms with Crippen molar-refractivity contribution < 1.29 is 4.74 Å². The molecule has 0 aromatic carbocycles. The van der Waals surface area contributed by atoms with Gasteiger partial charge in [-0.2, -0.15) is 0 Å². The maximum atomic E-state index is 7.15. The lowest BCUT2D eigenvalue weighted by molar-refractivity contribution is 0.300. The molecule has 2 N–H and O–H groups in total. The summed E-state index contributed by atoms with van der Waals surface area (Å²) in [7, 11) is 0. The molecule has 0 bridgehead atoms. The van der Waals surface area contributed by atoms with E-state index in [0.29, 0.717) is 24.8 Å². The Bertz CT molecular complexity index is 1090. The fourth-order valence-corrected chi connectivity index (χ4v) is 3.55.